The van der Waals surface area contributed by atoms with Crippen molar-refractivity contribution in [2.24, 2.45) is 0 Å². The van der Waals surface area contributed by atoms with Gasteiger partial charge < -0.3 is 50.5 Å². The SMILES string of the molecule is Cc1cc(C)c(C)c([S-])c1C.Cc1cc(C)c(C)c([S-])c1C.Cc1cc(C)c(C)c([S-])c1C.Cc1cc(C)c(C)c([S-])c1C.[Zn+2]. The van der Waals surface area contributed by atoms with Crippen molar-refractivity contribution in [2.75, 3.05) is 0 Å². The van der Waals surface area contributed by atoms with Gasteiger partial charge in [0.25, 0.3) is 0 Å². The van der Waals surface area contributed by atoms with E-state index < -0.39 is 0 Å². The van der Waals surface area contributed by atoms with Gasteiger partial charge in [0.2, 0.25) is 0 Å². The first-order valence-corrected chi connectivity index (χ1v) is 16.8. The summed E-state index contributed by atoms with van der Waals surface area (Å²) in [5, 5.41) is 0. The molecule has 0 unspecified atom stereocenters. The van der Waals surface area contributed by atoms with Crippen molar-refractivity contribution in [1.82, 2.24) is 0 Å². The van der Waals surface area contributed by atoms with E-state index in [4.69, 9.17) is 50.5 Å². The number of aryl methyl sites for hydroxylation is 8. The van der Waals surface area contributed by atoms with Crippen LogP contribution in [0.15, 0.2) is 43.8 Å². The van der Waals surface area contributed by atoms with Crippen LogP contribution in [0.4, 0.5) is 0 Å². The molecule has 0 saturated carbocycles. The standard InChI is InChI=1S/4C10H14S.Zn/c4*1-6-5-7(2)9(4)10(11)8(6)3;/h4*5,11H,1-4H3;/q;;;;+2/p-4. The molecule has 0 aliphatic rings. The maximum absolute atomic E-state index is 5.27. The summed E-state index contributed by atoms with van der Waals surface area (Å²) >= 11 is 21.1. The molecule has 0 amide bonds. The van der Waals surface area contributed by atoms with Crippen LogP contribution in [0, 0.1) is 111 Å². The number of hydrogen-bond donors (Lipinski definition) is 0. The zero-order valence-corrected chi connectivity index (χ0v) is 36.9. The Balaban J connectivity index is 0.000000569. The monoisotopic (exact) mass is 724 g/mol. The van der Waals surface area contributed by atoms with E-state index in [-0.39, 0.29) is 19.5 Å². The van der Waals surface area contributed by atoms with Gasteiger partial charge in [0, 0.05) is 0 Å². The largest absolute Gasteiger partial charge is 2.00 e. The van der Waals surface area contributed by atoms with Crippen molar-refractivity contribution in [2.45, 2.75) is 130 Å². The Kier molecular flexibility index (Phi) is 18.0. The van der Waals surface area contributed by atoms with E-state index in [0.717, 1.165) is 19.6 Å². The molecule has 0 aromatic heterocycles. The Hall–Kier alpha value is -1.62. The van der Waals surface area contributed by atoms with E-state index >= 15 is 0 Å². The number of hydrogen-bond acceptors (Lipinski definition) is 4. The third-order valence-electron chi connectivity index (χ3n) is 9.19. The van der Waals surface area contributed by atoms with E-state index in [1.807, 2.05) is 0 Å². The van der Waals surface area contributed by atoms with Gasteiger partial charge in [-0.3, -0.25) is 0 Å². The molecule has 0 aliphatic heterocycles. The summed E-state index contributed by atoms with van der Waals surface area (Å²) in [6.07, 6.45) is 0. The van der Waals surface area contributed by atoms with Crippen molar-refractivity contribution < 1.29 is 19.5 Å². The van der Waals surface area contributed by atoms with E-state index in [9.17, 15) is 0 Å². The molecular weight excluding hydrogens is 674 g/mol. The summed E-state index contributed by atoms with van der Waals surface area (Å²) in [7, 11) is 0. The van der Waals surface area contributed by atoms with Crippen LogP contribution < -0.4 is 0 Å². The Morgan fingerprint density at radius 3 is 0.422 bits per heavy atom. The van der Waals surface area contributed by atoms with Crippen LogP contribution in [0.25, 0.3) is 0 Å². The fourth-order valence-electron chi connectivity index (χ4n) is 4.72. The minimum absolute atomic E-state index is 0. The first kappa shape index (κ1) is 43.4. The van der Waals surface area contributed by atoms with E-state index in [1.165, 1.54) is 89.0 Å². The second-order valence-corrected chi connectivity index (χ2v) is 14.0. The van der Waals surface area contributed by atoms with Gasteiger partial charge in [0.1, 0.15) is 0 Å². The zero-order valence-electron chi connectivity index (χ0n) is 30.6. The molecule has 0 N–H and O–H groups in total. The van der Waals surface area contributed by atoms with Gasteiger partial charge in [-0.05, 0) is 155 Å². The van der Waals surface area contributed by atoms with Crippen LogP contribution in [0.5, 0.6) is 0 Å². The maximum Gasteiger partial charge on any atom is 2.00 e. The molecule has 0 saturated heterocycles. The van der Waals surface area contributed by atoms with Crippen LogP contribution in [0.1, 0.15) is 89.0 Å². The number of rotatable bonds is 0. The van der Waals surface area contributed by atoms with Gasteiger partial charge >= 0.3 is 19.5 Å². The van der Waals surface area contributed by atoms with Crippen LogP contribution in [0.3, 0.4) is 0 Å². The normalized spacial score (nSPS) is 9.96. The Bertz CT molecular complexity index is 1300. The Morgan fingerprint density at radius 1 is 0.244 bits per heavy atom. The zero-order chi connectivity index (χ0) is 34.4. The first-order valence-electron chi connectivity index (χ1n) is 15.1. The van der Waals surface area contributed by atoms with Gasteiger partial charge in [-0.15, -0.1) is 0 Å². The second-order valence-electron chi connectivity index (χ2n) is 12.4. The summed E-state index contributed by atoms with van der Waals surface area (Å²) in [4.78, 5) is 4.12. The number of benzene rings is 4. The molecule has 240 valence electrons. The van der Waals surface area contributed by atoms with Crippen LogP contribution in [-0.2, 0) is 70.0 Å². The smallest absolute Gasteiger partial charge is 0.779 e. The average Bonchev–Trinajstić information content (AvgIpc) is 2.97. The third-order valence-corrected chi connectivity index (χ3v) is 11.6. The molecule has 0 heterocycles. The van der Waals surface area contributed by atoms with Gasteiger partial charge in [0.05, 0.1) is 0 Å². The molecule has 0 aliphatic carbocycles. The van der Waals surface area contributed by atoms with Gasteiger partial charge in [-0.25, -0.2) is 0 Å². The second kappa shape index (κ2) is 18.7. The van der Waals surface area contributed by atoms with Crippen molar-refractivity contribution in [3.63, 3.8) is 0 Å². The summed E-state index contributed by atoms with van der Waals surface area (Å²) in [6, 6.07) is 8.78. The quantitative estimate of drug-likeness (QED) is 0.131. The van der Waals surface area contributed by atoms with Gasteiger partial charge in [-0.1, -0.05) is 68.8 Å². The minimum Gasteiger partial charge on any atom is -0.779 e. The van der Waals surface area contributed by atoms with Crippen LogP contribution in [-0.4, -0.2) is 0 Å². The molecular formula is C40H52S4Zn-2. The average molecular weight is 727 g/mol. The molecule has 4 aromatic rings. The molecule has 0 bridgehead atoms. The van der Waals surface area contributed by atoms with Crippen LogP contribution in [0.2, 0.25) is 0 Å². The van der Waals surface area contributed by atoms with Gasteiger partial charge in [0.15, 0.2) is 0 Å². The molecule has 5 heteroatoms. The summed E-state index contributed by atoms with van der Waals surface area (Å²) < 4.78 is 0. The fraction of sp³-hybridized carbons (Fsp3) is 0.400. The summed E-state index contributed by atoms with van der Waals surface area (Å²) in [5.74, 6) is 0. The first-order chi connectivity index (χ1) is 20.1. The predicted octanol–water partition coefficient (Wildman–Crippen LogP) is 11.3. The fourth-order valence-corrected chi connectivity index (χ4v) is 6.01. The van der Waals surface area contributed by atoms with E-state index in [2.05, 4.69) is 135 Å². The minimum atomic E-state index is 0. The predicted molar refractivity (Wildman–Crippen MR) is 204 cm³/mol. The molecule has 0 atom stereocenters. The van der Waals surface area contributed by atoms with E-state index in [1.54, 1.807) is 0 Å². The van der Waals surface area contributed by atoms with Crippen molar-refractivity contribution in [1.29, 1.82) is 0 Å². The molecule has 45 heavy (non-hydrogen) atoms. The van der Waals surface area contributed by atoms with Crippen molar-refractivity contribution in [3.05, 3.63) is 113 Å². The Morgan fingerprint density at radius 2 is 0.333 bits per heavy atom. The topological polar surface area (TPSA) is 0 Å². The van der Waals surface area contributed by atoms with Crippen LogP contribution >= 0.6 is 0 Å². The summed E-state index contributed by atoms with van der Waals surface area (Å²) in [6.45, 7) is 33.6. The third kappa shape index (κ3) is 11.3. The molecule has 0 radical (unpaired) electrons. The van der Waals surface area contributed by atoms with E-state index in [0.29, 0.717) is 0 Å². The molecule has 0 fully saturated rings. The van der Waals surface area contributed by atoms with Crippen molar-refractivity contribution in [3.8, 4) is 0 Å². The van der Waals surface area contributed by atoms with Crippen molar-refractivity contribution >= 4 is 50.5 Å². The Labute approximate surface area is 311 Å². The molecule has 0 nitrogen and oxygen atoms in total. The maximum atomic E-state index is 5.27. The molecule has 4 rings (SSSR count). The molecule has 4 aromatic carbocycles. The summed E-state index contributed by atoms with van der Waals surface area (Å²) in [5.41, 5.74) is 20.5. The molecule has 0 spiro atoms. The van der Waals surface area contributed by atoms with Gasteiger partial charge in [-0.2, -0.15) is 19.6 Å².